The van der Waals surface area contributed by atoms with E-state index in [-0.39, 0.29) is 0 Å². The van der Waals surface area contributed by atoms with Crippen LogP contribution in [0.5, 0.6) is 0 Å². The molecule has 0 aliphatic carbocycles. The van der Waals surface area contributed by atoms with E-state index in [0.717, 1.165) is 30.3 Å². The van der Waals surface area contributed by atoms with E-state index in [0.29, 0.717) is 0 Å². The number of hydrogen-bond donors (Lipinski definition) is 1. The van der Waals surface area contributed by atoms with Crippen molar-refractivity contribution in [3.05, 3.63) is 24.8 Å². The Balaban J connectivity index is 2.45. The number of aryl methyl sites for hydroxylation is 1. The highest BCUT2D eigenvalue weighted by atomic mass is 15.1. The predicted octanol–water partition coefficient (Wildman–Crippen LogP) is 1.79. The van der Waals surface area contributed by atoms with Crippen LogP contribution in [0.15, 0.2) is 24.8 Å². The smallest absolute Gasteiger partial charge is 0.162 e. The average molecular weight is 217 g/mol. The Kier molecular flexibility index (Phi) is 3.14. The summed E-state index contributed by atoms with van der Waals surface area (Å²) in [6.07, 6.45) is 8.17. The van der Waals surface area contributed by atoms with Gasteiger partial charge in [-0.05, 0) is 6.42 Å². The number of nitrogens with one attached hydrogen (secondary N) is 1. The van der Waals surface area contributed by atoms with Crippen LogP contribution in [0, 0.1) is 0 Å². The molecule has 84 valence electrons. The van der Waals surface area contributed by atoms with Crippen LogP contribution in [-0.4, -0.2) is 26.6 Å². The van der Waals surface area contributed by atoms with Gasteiger partial charge in [0.15, 0.2) is 11.6 Å². The Morgan fingerprint density at radius 2 is 2.00 bits per heavy atom. The zero-order valence-electron chi connectivity index (χ0n) is 9.51. The maximum atomic E-state index is 4.33. The van der Waals surface area contributed by atoms with Crippen molar-refractivity contribution >= 4 is 5.82 Å². The van der Waals surface area contributed by atoms with Crippen LogP contribution in [-0.2, 0) is 6.54 Å². The van der Waals surface area contributed by atoms with Gasteiger partial charge in [-0.1, -0.05) is 6.92 Å². The van der Waals surface area contributed by atoms with Crippen LogP contribution >= 0.6 is 0 Å². The summed E-state index contributed by atoms with van der Waals surface area (Å²) in [6.45, 7) is 3.08. The lowest BCUT2D eigenvalue weighted by Crippen LogP contribution is -2.03. The summed E-state index contributed by atoms with van der Waals surface area (Å²) >= 11 is 0. The molecule has 2 aromatic heterocycles. The molecule has 2 rings (SSSR count). The number of rotatable bonds is 4. The molecule has 0 aliphatic heterocycles. The van der Waals surface area contributed by atoms with Gasteiger partial charge in [-0.15, -0.1) is 0 Å². The molecule has 5 nitrogen and oxygen atoms in total. The van der Waals surface area contributed by atoms with E-state index in [1.54, 1.807) is 18.6 Å². The van der Waals surface area contributed by atoms with E-state index >= 15 is 0 Å². The molecule has 0 bridgehead atoms. The van der Waals surface area contributed by atoms with Crippen LogP contribution < -0.4 is 5.32 Å². The Morgan fingerprint density at radius 3 is 2.75 bits per heavy atom. The number of hydrogen-bond acceptors (Lipinski definition) is 4. The molecule has 5 heteroatoms. The third-order valence-electron chi connectivity index (χ3n) is 2.33. The summed E-state index contributed by atoms with van der Waals surface area (Å²) in [6, 6.07) is 0. The van der Waals surface area contributed by atoms with Gasteiger partial charge in [0.1, 0.15) is 5.69 Å². The molecular formula is C11H15N5. The maximum Gasteiger partial charge on any atom is 0.162 e. The Bertz CT molecular complexity index is 463. The second-order valence-electron chi connectivity index (χ2n) is 3.45. The molecule has 1 N–H and O–H groups in total. The topological polar surface area (TPSA) is 55.6 Å². The van der Waals surface area contributed by atoms with E-state index in [1.807, 2.05) is 13.2 Å². The van der Waals surface area contributed by atoms with E-state index in [1.165, 1.54) is 0 Å². The SMILES string of the molecule is CCCn1ccnc1-c1nccnc1NC. The minimum Gasteiger partial charge on any atom is -0.371 e. The van der Waals surface area contributed by atoms with Gasteiger partial charge in [0, 0.05) is 38.4 Å². The highest BCUT2D eigenvalue weighted by molar-refractivity contribution is 5.65. The monoisotopic (exact) mass is 217 g/mol. The number of anilines is 1. The lowest BCUT2D eigenvalue weighted by Gasteiger charge is -2.08. The van der Waals surface area contributed by atoms with Gasteiger partial charge >= 0.3 is 0 Å². The molecule has 16 heavy (non-hydrogen) atoms. The zero-order chi connectivity index (χ0) is 11.4. The molecule has 0 saturated heterocycles. The molecular weight excluding hydrogens is 202 g/mol. The zero-order valence-corrected chi connectivity index (χ0v) is 9.51. The first-order chi connectivity index (χ1) is 7.86. The summed E-state index contributed by atoms with van der Waals surface area (Å²) in [5, 5.41) is 3.03. The van der Waals surface area contributed by atoms with Crippen molar-refractivity contribution < 1.29 is 0 Å². The van der Waals surface area contributed by atoms with Crippen molar-refractivity contribution in [2.75, 3.05) is 12.4 Å². The molecule has 0 radical (unpaired) electrons. The van der Waals surface area contributed by atoms with Crippen LogP contribution in [0.4, 0.5) is 5.82 Å². The summed E-state index contributed by atoms with van der Waals surface area (Å²) in [5.74, 6) is 1.62. The number of aromatic nitrogens is 4. The average Bonchev–Trinajstić information content (AvgIpc) is 2.77. The third kappa shape index (κ3) is 1.88. The fourth-order valence-corrected chi connectivity index (χ4v) is 1.63. The van der Waals surface area contributed by atoms with Gasteiger partial charge in [0.25, 0.3) is 0 Å². The van der Waals surface area contributed by atoms with E-state index < -0.39 is 0 Å². The maximum absolute atomic E-state index is 4.33. The van der Waals surface area contributed by atoms with Crippen molar-refractivity contribution in [2.24, 2.45) is 0 Å². The Morgan fingerprint density at radius 1 is 1.19 bits per heavy atom. The fraction of sp³-hybridized carbons (Fsp3) is 0.364. The predicted molar refractivity (Wildman–Crippen MR) is 63.1 cm³/mol. The quantitative estimate of drug-likeness (QED) is 0.848. The van der Waals surface area contributed by atoms with Crippen LogP contribution in [0.3, 0.4) is 0 Å². The lowest BCUT2D eigenvalue weighted by atomic mass is 10.3. The number of imidazole rings is 1. The summed E-state index contributed by atoms with van der Waals surface area (Å²) in [4.78, 5) is 12.9. The summed E-state index contributed by atoms with van der Waals surface area (Å²) in [5.41, 5.74) is 0.795. The molecule has 0 unspecified atom stereocenters. The third-order valence-corrected chi connectivity index (χ3v) is 2.33. The van der Waals surface area contributed by atoms with Gasteiger partial charge < -0.3 is 9.88 Å². The largest absolute Gasteiger partial charge is 0.371 e. The molecule has 0 atom stereocenters. The van der Waals surface area contributed by atoms with Gasteiger partial charge in [-0.2, -0.15) is 0 Å². The lowest BCUT2D eigenvalue weighted by molar-refractivity contribution is 0.684. The van der Waals surface area contributed by atoms with Crippen molar-refractivity contribution in [1.29, 1.82) is 0 Å². The van der Waals surface area contributed by atoms with Gasteiger partial charge in [-0.3, -0.25) is 0 Å². The molecule has 0 aliphatic rings. The fourth-order valence-electron chi connectivity index (χ4n) is 1.63. The minimum absolute atomic E-state index is 0.756. The molecule has 0 aromatic carbocycles. The molecule has 2 heterocycles. The highest BCUT2D eigenvalue weighted by Gasteiger charge is 2.11. The summed E-state index contributed by atoms with van der Waals surface area (Å²) < 4.78 is 2.09. The van der Waals surface area contributed by atoms with Crippen molar-refractivity contribution in [3.63, 3.8) is 0 Å². The van der Waals surface area contributed by atoms with Crippen LogP contribution in [0.2, 0.25) is 0 Å². The standard InChI is InChI=1S/C11H15N5/c1-3-7-16-8-6-15-11(16)9-10(12-2)14-5-4-13-9/h4-6,8H,3,7H2,1-2H3,(H,12,14). The van der Waals surface area contributed by atoms with Gasteiger partial charge in [0.05, 0.1) is 0 Å². The molecule has 2 aromatic rings. The van der Waals surface area contributed by atoms with Crippen molar-refractivity contribution in [3.8, 4) is 11.5 Å². The second-order valence-corrected chi connectivity index (χ2v) is 3.45. The Hall–Kier alpha value is -1.91. The minimum atomic E-state index is 0.756. The van der Waals surface area contributed by atoms with E-state index in [9.17, 15) is 0 Å². The van der Waals surface area contributed by atoms with Crippen LogP contribution in [0.1, 0.15) is 13.3 Å². The van der Waals surface area contributed by atoms with Crippen molar-refractivity contribution in [1.82, 2.24) is 19.5 Å². The van der Waals surface area contributed by atoms with Crippen LogP contribution in [0.25, 0.3) is 11.5 Å². The second kappa shape index (κ2) is 4.74. The normalized spacial score (nSPS) is 10.4. The highest BCUT2D eigenvalue weighted by Crippen LogP contribution is 2.21. The summed E-state index contributed by atoms with van der Waals surface area (Å²) in [7, 11) is 1.83. The van der Waals surface area contributed by atoms with E-state index in [2.05, 4.69) is 31.8 Å². The van der Waals surface area contributed by atoms with E-state index in [4.69, 9.17) is 0 Å². The van der Waals surface area contributed by atoms with Gasteiger partial charge in [0.2, 0.25) is 0 Å². The van der Waals surface area contributed by atoms with Crippen molar-refractivity contribution in [2.45, 2.75) is 19.9 Å². The molecule has 0 spiro atoms. The number of nitrogens with zero attached hydrogens (tertiary/aromatic N) is 4. The first-order valence-corrected chi connectivity index (χ1v) is 5.37. The van der Waals surface area contributed by atoms with Gasteiger partial charge in [-0.25, -0.2) is 15.0 Å². The first kappa shape index (κ1) is 10.6. The molecule has 0 fully saturated rings. The Labute approximate surface area is 94.6 Å². The molecule has 0 saturated carbocycles. The first-order valence-electron chi connectivity index (χ1n) is 5.37. The molecule has 0 amide bonds.